The maximum Gasteiger partial charge on any atom is 0.146 e. The molecule has 18 heavy (non-hydrogen) atoms. The second-order valence-corrected chi connectivity index (χ2v) is 4.16. The van der Waals surface area contributed by atoms with Crippen molar-refractivity contribution in [2.24, 2.45) is 16.5 Å². The first-order chi connectivity index (χ1) is 8.51. The van der Waals surface area contributed by atoms with Crippen molar-refractivity contribution in [1.82, 2.24) is 0 Å². The van der Waals surface area contributed by atoms with Gasteiger partial charge in [-0.15, -0.1) is 0 Å². The summed E-state index contributed by atoms with van der Waals surface area (Å²) in [6.07, 6.45) is 2.22. The summed E-state index contributed by atoms with van der Waals surface area (Å²) >= 11 is 0. The second-order valence-electron chi connectivity index (χ2n) is 4.16. The molecular formula is C12H20N4O2. The van der Waals surface area contributed by atoms with E-state index in [1.807, 2.05) is 0 Å². The minimum atomic E-state index is -0.336. The number of amidine groups is 1. The molecule has 0 aromatic rings. The van der Waals surface area contributed by atoms with E-state index in [0.29, 0.717) is 12.0 Å². The summed E-state index contributed by atoms with van der Waals surface area (Å²) in [5.41, 5.74) is 12.5. The molecule has 2 atom stereocenters. The van der Waals surface area contributed by atoms with Crippen LogP contribution in [0.15, 0.2) is 29.0 Å². The monoisotopic (exact) mass is 252 g/mol. The SMILES string of the molecule is C=C/N=C(N)\C(N)=C(/C)C(=N)C1CCC(CO)O1. The van der Waals surface area contributed by atoms with E-state index in [1.165, 1.54) is 6.20 Å². The highest BCUT2D eigenvalue weighted by molar-refractivity contribution is 6.09. The average molecular weight is 252 g/mol. The summed E-state index contributed by atoms with van der Waals surface area (Å²) in [7, 11) is 0. The standard InChI is InChI=1S/C12H20N4O2/c1-3-16-12(15)11(14)7(2)10(13)9-5-4-8(6-17)18-9/h3,8-9,13,17H,1,4-6,14H2,2H3,(H2,15,16)/b11-7-,13-10?. The molecular weight excluding hydrogens is 232 g/mol. The first-order valence-electron chi connectivity index (χ1n) is 5.77. The first kappa shape index (κ1) is 14.4. The molecule has 0 saturated carbocycles. The molecule has 0 bridgehead atoms. The fraction of sp³-hybridized carbons (Fsp3) is 0.500. The number of nitrogens with zero attached hydrogens (tertiary/aromatic N) is 1. The van der Waals surface area contributed by atoms with Gasteiger partial charge in [0.2, 0.25) is 0 Å². The molecule has 1 saturated heterocycles. The van der Waals surface area contributed by atoms with Gasteiger partial charge in [-0.3, -0.25) is 0 Å². The smallest absolute Gasteiger partial charge is 0.146 e. The van der Waals surface area contributed by atoms with E-state index in [4.69, 9.17) is 26.7 Å². The van der Waals surface area contributed by atoms with Crippen LogP contribution in [0.4, 0.5) is 0 Å². The number of nitrogens with two attached hydrogens (primary N) is 2. The third-order valence-corrected chi connectivity index (χ3v) is 2.95. The number of aliphatic hydroxyl groups excluding tert-OH is 1. The molecule has 0 aromatic carbocycles. The van der Waals surface area contributed by atoms with Crippen LogP contribution in [0.1, 0.15) is 19.8 Å². The van der Waals surface area contributed by atoms with Crippen LogP contribution in [0.2, 0.25) is 0 Å². The fourth-order valence-corrected chi connectivity index (χ4v) is 1.80. The van der Waals surface area contributed by atoms with E-state index < -0.39 is 0 Å². The predicted molar refractivity (Wildman–Crippen MR) is 71.4 cm³/mol. The van der Waals surface area contributed by atoms with E-state index in [2.05, 4.69) is 11.6 Å². The van der Waals surface area contributed by atoms with E-state index in [1.54, 1.807) is 6.92 Å². The van der Waals surface area contributed by atoms with E-state index >= 15 is 0 Å². The van der Waals surface area contributed by atoms with Crippen molar-refractivity contribution in [3.05, 3.63) is 24.0 Å². The van der Waals surface area contributed by atoms with Crippen molar-refractivity contribution >= 4 is 11.5 Å². The molecule has 1 fully saturated rings. The van der Waals surface area contributed by atoms with Crippen molar-refractivity contribution in [3.63, 3.8) is 0 Å². The highest BCUT2D eigenvalue weighted by atomic mass is 16.5. The zero-order valence-corrected chi connectivity index (χ0v) is 10.5. The molecule has 1 aliphatic heterocycles. The summed E-state index contributed by atoms with van der Waals surface area (Å²) in [5.74, 6) is 0.143. The van der Waals surface area contributed by atoms with Gasteiger partial charge in [0.15, 0.2) is 0 Å². The van der Waals surface area contributed by atoms with Crippen LogP contribution in [-0.2, 0) is 4.74 Å². The summed E-state index contributed by atoms with van der Waals surface area (Å²) in [5, 5.41) is 17.0. The Balaban J connectivity index is 2.81. The van der Waals surface area contributed by atoms with Crippen LogP contribution in [0.3, 0.4) is 0 Å². The topological polar surface area (TPSA) is 118 Å². The molecule has 100 valence electrons. The van der Waals surface area contributed by atoms with Gasteiger partial charge in [0.25, 0.3) is 0 Å². The van der Waals surface area contributed by atoms with Crippen molar-refractivity contribution < 1.29 is 9.84 Å². The zero-order chi connectivity index (χ0) is 13.7. The summed E-state index contributed by atoms with van der Waals surface area (Å²) in [4.78, 5) is 3.78. The lowest BCUT2D eigenvalue weighted by Gasteiger charge is -2.15. The van der Waals surface area contributed by atoms with Gasteiger partial charge < -0.3 is 26.7 Å². The molecule has 6 N–H and O–H groups in total. The minimum absolute atomic E-state index is 0.0257. The van der Waals surface area contributed by atoms with Crippen LogP contribution < -0.4 is 11.5 Å². The molecule has 2 unspecified atom stereocenters. The molecule has 1 aliphatic rings. The van der Waals surface area contributed by atoms with Gasteiger partial charge in [-0.2, -0.15) is 0 Å². The van der Waals surface area contributed by atoms with Crippen LogP contribution >= 0.6 is 0 Å². The maximum absolute atomic E-state index is 8.99. The Labute approximate surface area is 107 Å². The Kier molecular flexibility index (Phi) is 5.06. The second kappa shape index (κ2) is 6.32. The van der Waals surface area contributed by atoms with Crippen molar-refractivity contribution in [2.75, 3.05) is 6.61 Å². The molecule has 0 amide bonds. The van der Waals surface area contributed by atoms with Crippen molar-refractivity contribution in [3.8, 4) is 0 Å². The fourth-order valence-electron chi connectivity index (χ4n) is 1.80. The molecule has 0 radical (unpaired) electrons. The molecule has 0 aromatic heterocycles. The molecule has 1 heterocycles. The minimum Gasteiger partial charge on any atom is -0.395 e. The van der Waals surface area contributed by atoms with E-state index in [-0.39, 0.29) is 36.1 Å². The van der Waals surface area contributed by atoms with Gasteiger partial charge >= 0.3 is 0 Å². The third-order valence-electron chi connectivity index (χ3n) is 2.95. The van der Waals surface area contributed by atoms with Gasteiger partial charge in [0, 0.05) is 6.20 Å². The number of aliphatic hydroxyl groups is 1. The predicted octanol–water partition coefficient (Wildman–Crippen LogP) is 0.279. The molecule has 6 nitrogen and oxygen atoms in total. The molecule has 0 aliphatic carbocycles. The third kappa shape index (κ3) is 3.18. The Hall–Kier alpha value is -1.66. The summed E-state index contributed by atoms with van der Waals surface area (Å²) in [6, 6.07) is 0. The Bertz CT molecular complexity index is 401. The van der Waals surface area contributed by atoms with Crippen molar-refractivity contribution in [2.45, 2.75) is 32.0 Å². The van der Waals surface area contributed by atoms with Gasteiger partial charge in [-0.05, 0) is 25.3 Å². The number of hydrogen-bond donors (Lipinski definition) is 4. The summed E-state index contributed by atoms with van der Waals surface area (Å²) in [6.45, 7) is 5.12. The number of ether oxygens (including phenoxy) is 1. The van der Waals surface area contributed by atoms with E-state index in [9.17, 15) is 0 Å². The highest BCUT2D eigenvalue weighted by Gasteiger charge is 2.29. The normalized spacial score (nSPS) is 25.8. The number of hydrogen-bond acceptors (Lipinski definition) is 5. The van der Waals surface area contributed by atoms with Gasteiger partial charge in [0.05, 0.1) is 30.2 Å². The highest BCUT2D eigenvalue weighted by Crippen LogP contribution is 2.22. The quantitative estimate of drug-likeness (QED) is 0.415. The number of aliphatic imine (C=N–C) groups is 1. The van der Waals surface area contributed by atoms with Crippen LogP contribution in [0, 0.1) is 5.41 Å². The lowest BCUT2D eigenvalue weighted by molar-refractivity contribution is 0.0380. The lowest BCUT2D eigenvalue weighted by atomic mass is 10.0. The molecule has 1 rings (SSSR count). The zero-order valence-electron chi connectivity index (χ0n) is 10.5. The maximum atomic E-state index is 8.99. The Morgan fingerprint density at radius 1 is 1.56 bits per heavy atom. The largest absolute Gasteiger partial charge is 0.395 e. The van der Waals surface area contributed by atoms with E-state index in [0.717, 1.165) is 6.42 Å². The van der Waals surface area contributed by atoms with Gasteiger partial charge in [-0.1, -0.05) is 6.58 Å². The Morgan fingerprint density at radius 2 is 2.22 bits per heavy atom. The Morgan fingerprint density at radius 3 is 2.72 bits per heavy atom. The van der Waals surface area contributed by atoms with Crippen LogP contribution in [0.5, 0.6) is 0 Å². The molecule has 6 heteroatoms. The summed E-state index contributed by atoms with van der Waals surface area (Å²) < 4.78 is 5.52. The first-order valence-corrected chi connectivity index (χ1v) is 5.77. The van der Waals surface area contributed by atoms with Gasteiger partial charge in [0.1, 0.15) is 5.84 Å². The van der Waals surface area contributed by atoms with Crippen LogP contribution in [-0.4, -0.2) is 35.5 Å². The number of nitrogens with one attached hydrogen (secondary N) is 1. The average Bonchev–Trinajstić information content (AvgIpc) is 2.85. The number of rotatable bonds is 5. The molecule has 0 spiro atoms. The lowest BCUT2D eigenvalue weighted by Crippen LogP contribution is -2.29. The van der Waals surface area contributed by atoms with Crippen LogP contribution in [0.25, 0.3) is 0 Å². The van der Waals surface area contributed by atoms with Crippen molar-refractivity contribution in [1.29, 1.82) is 5.41 Å². The van der Waals surface area contributed by atoms with Gasteiger partial charge in [-0.25, -0.2) is 4.99 Å².